The number of anilines is 1. The zero-order valence-electron chi connectivity index (χ0n) is 14.2. The fraction of sp³-hybridized carbons (Fsp3) is 0.111. The smallest absolute Gasteiger partial charge is 0.331 e. The first-order chi connectivity index (χ1) is 12.9. The minimum absolute atomic E-state index is 0.0415. The van der Waals surface area contributed by atoms with Crippen LogP contribution in [0.25, 0.3) is 6.08 Å². The number of nitrogens with zero attached hydrogens (tertiary/aromatic N) is 1. The van der Waals surface area contributed by atoms with E-state index in [9.17, 15) is 19.7 Å². The van der Waals surface area contributed by atoms with Crippen molar-refractivity contribution in [3.8, 4) is 0 Å². The van der Waals surface area contributed by atoms with Gasteiger partial charge in [0.25, 0.3) is 11.6 Å². The maximum absolute atomic E-state index is 11.8. The van der Waals surface area contributed by atoms with E-state index in [-0.39, 0.29) is 16.4 Å². The highest BCUT2D eigenvalue weighted by atomic mass is 35.5. The zero-order chi connectivity index (χ0) is 19.8. The minimum Gasteiger partial charge on any atom is -0.452 e. The second-order valence-electron chi connectivity index (χ2n) is 5.19. The van der Waals surface area contributed by atoms with Crippen molar-refractivity contribution in [3.05, 3.63) is 69.2 Å². The molecule has 140 valence electrons. The van der Waals surface area contributed by atoms with Gasteiger partial charge in [0.2, 0.25) is 0 Å². The first kappa shape index (κ1) is 20.5. The Balaban J connectivity index is 1.85. The molecule has 2 aromatic rings. The lowest BCUT2D eigenvalue weighted by atomic mass is 10.2. The molecule has 0 aromatic heterocycles. The Morgan fingerprint density at radius 3 is 2.59 bits per heavy atom. The van der Waals surface area contributed by atoms with Gasteiger partial charge in [0.15, 0.2) is 6.61 Å². The maximum Gasteiger partial charge on any atom is 0.331 e. The summed E-state index contributed by atoms with van der Waals surface area (Å²) in [6.45, 7) is -0.523. The predicted octanol–water partition coefficient (Wildman–Crippen LogP) is 4.17. The van der Waals surface area contributed by atoms with Crippen LogP contribution < -0.4 is 5.32 Å². The number of thioether (sulfide) groups is 1. The molecule has 0 radical (unpaired) electrons. The third kappa shape index (κ3) is 6.43. The molecule has 0 atom stereocenters. The van der Waals surface area contributed by atoms with Gasteiger partial charge in [0, 0.05) is 22.7 Å². The number of nitro benzene ring substituents is 1. The second kappa shape index (κ2) is 9.75. The number of ether oxygens (including phenoxy) is 1. The number of nitro groups is 1. The third-order valence-corrected chi connectivity index (χ3v) is 4.36. The minimum atomic E-state index is -0.679. The van der Waals surface area contributed by atoms with Crippen LogP contribution >= 0.6 is 23.4 Å². The molecule has 1 N–H and O–H groups in total. The molecular weight excluding hydrogens is 392 g/mol. The molecule has 0 aliphatic heterocycles. The number of carbonyl (C=O) groups is 2. The average Bonchev–Trinajstić information content (AvgIpc) is 2.66. The van der Waals surface area contributed by atoms with E-state index >= 15 is 0 Å². The Bertz CT molecular complexity index is 884. The van der Waals surface area contributed by atoms with E-state index in [2.05, 4.69) is 5.32 Å². The number of nitrogens with one attached hydrogen (secondary N) is 1. The molecule has 0 saturated carbocycles. The van der Waals surface area contributed by atoms with Gasteiger partial charge in [-0.3, -0.25) is 14.9 Å². The summed E-state index contributed by atoms with van der Waals surface area (Å²) >= 11 is 7.31. The van der Waals surface area contributed by atoms with Crippen molar-refractivity contribution in [2.75, 3.05) is 18.2 Å². The molecule has 27 heavy (non-hydrogen) atoms. The van der Waals surface area contributed by atoms with Gasteiger partial charge in [-0.2, -0.15) is 0 Å². The lowest BCUT2D eigenvalue weighted by Crippen LogP contribution is -2.20. The summed E-state index contributed by atoms with van der Waals surface area (Å²) in [5.41, 5.74) is 0.668. The van der Waals surface area contributed by atoms with Crippen LogP contribution in [0.5, 0.6) is 0 Å². The highest BCUT2D eigenvalue weighted by Crippen LogP contribution is 2.27. The van der Waals surface area contributed by atoms with Crippen molar-refractivity contribution in [2.24, 2.45) is 0 Å². The monoisotopic (exact) mass is 406 g/mol. The largest absolute Gasteiger partial charge is 0.452 e. The van der Waals surface area contributed by atoms with E-state index in [1.54, 1.807) is 17.8 Å². The van der Waals surface area contributed by atoms with Gasteiger partial charge in [-0.05, 0) is 42.2 Å². The molecular formula is C18H15ClN2O5S. The van der Waals surface area contributed by atoms with Crippen molar-refractivity contribution < 1.29 is 19.2 Å². The number of amides is 1. The molecule has 0 spiro atoms. The van der Waals surface area contributed by atoms with E-state index in [1.165, 1.54) is 18.2 Å². The number of hydrogen-bond donors (Lipinski definition) is 1. The van der Waals surface area contributed by atoms with Gasteiger partial charge in [0.1, 0.15) is 5.02 Å². The fourth-order valence-corrected chi connectivity index (χ4v) is 2.59. The van der Waals surface area contributed by atoms with Crippen LogP contribution in [0.1, 0.15) is 5.56 Å². The molecule has 0 saturated heterocycles. The topological polar surface area (TPSA) is 98.5 Å². The van der Waals surface area contributed by atoms with Crippen LogP contribution in [0.4, 0.5) is 11.4 Å². The summed E-state index contributed by atoms with van der Waals surface area (Å²) in [5.74, 6) is -1.31. The van der Waals surface area contributed by atoms with Gasteiger partial charge in [-0.25, -0.2) is 4.79 Å². The van der Waals surface area contributed by atoms with E-state index in [4.69, 9.17) is 16.3 Å². The summed E-state index contributed by atoms with van der Waals surface area (Å²) in [4.78, 5) is 34.8. The number of esters is 1. The standard InChI is InChI=1S/C18H15ClN2O5S/c1-27-14-6-2-12(3-7-14)4-9-18(23)26-11-17(22)20-13-5-8-15(19)16(10-13)21(24)25/h2-10H,11H2,1H3,(H,20,22)/b9-4+. The van der Waals surface area contributed by atoms with Crippen LogP contribution in [0.15, 0.2) is 53.4 Å². The maximum atomic E-state index is 11.8. The number of benzene rings is 2. The lowest BCUT2D eigenvalue weighted by Gasteiger charge is -2.06. The molecule has 0 unspecified atom stereocenters. The molecule has 2 aromatic carbocycles. The van der Waals surface area contributed by atoms with Gasteiger partial charge in [0.05, 0.1) is 4.92 Å². The Morgan fingerprint density at radius 2 is 1.96 bits per heavy atom. The van der Waals surface area contributed by atoms with Crippen LogP contribution in [-0.4, -0.2) is 29.7 Å². The Morgan fingerprint density at radius 1 is 1.26 bits per heavy atom. The number of rotatable bonds is 7. The molecule has 0 aliphatic rings. The summed E-state index contributed by atoms with van der Waals surface area (Å²) in [5, 5.41) is 13.2. The van der Waals surface area contributed by atoms with E-state index in [0.29, 0.717) is 0 Å². The molecule has 0 bridgehead atoms. The summed E-state index contributed by atoms with van der Waals surface area (Å²) in [6, 6.07) is 11.4. The summed E-state index contributed by atoms with van der Waals surface area (Å²) in [7, 11) is 0. The van der Waals surface area contributed by atoms with Gasteiger partial charge < -0.3 is 10.1 Å². The van der Waals surface area contributed by atoms with Crippen molar-refractivity contribution >= 4 is 52.7 Å². The molecule has 2 rings (SSSR count). The predicted molar refractivity (Wildman–Crippen MR) is 105 cm³/mol. The Labute approximate surface area is 164 Å². The van der Waals surface area contributed by atoms with Gasteiger partial charge in [-0.1, -0.05) is 23.7 Å². The molecule has 0 heterocycles. The first-order valence-electron chi connectivity index (χ1n) is 7.61. The summed E-state index contributed by atoms with van der Waals surface area (Å²) in [6.07, 6.45) is 4.76. The number of hydrogen-bond acceptors (Lipinski definition) is 6. The number of carbonyl (C=O) groups excluding carboxylic acids is 2. The van der Waals surface area contributed by atoms with Crippen molar-refractivity contribution in [1.82, 2.24) is 0 Å². The SMILES string of the molecule is CSc1ccc(/C=C/C(=O)OCC(=O)Nc2ccc(Cl)c([N+](=O)[O-])c2)cc1. The van der Waals surface area contributed by atoms with Crippen molar-refractivity contribution in [2.45, 2.75) is 4.90 Å². The molecule has 7 nitrogen and oxygen atoms in total. The third-order valence-electron chi connectivity index (χ3n) is 3.30. The fourth-order valence-electron chi connectivity index (χ4n) is 1.99. The first-order valence-corrected chi connectivity index (χ1v) is 9.22. The van der Waals surface area contributed by atoms with Crippen molar-refractivity contribution in [1.29, 1.82) is 0 Å². The van der Waals surface area contributed by atoms with Gasteiger partial charge in [-0.15, -0.1) is 11.8 Å². The highest BCUT2D eigenvalue weighted by molar-refractivity contribution is 7.98. The average molecular weight is 407 g/mol. The normalized spacial score (nSPS) is 10.6. The van der Waals surface area contributed by atoms with E-state index in [0.717, 1.165) is 16.5 Å². The summed E-state index contributed by atoms with van der Waals surface area (Å²) < 4.78 is 4.84. The van der Waals surface area contributed by atoms with Crippen LogP contribution in [0.3, 0.4) is 0 Å². The second-order valence-corrected chi connectivity index (χ2v) is 6.47. The molecule has 0 aliphatic carbocycles. The quantitative estimate of drug-likeness (QED) is 0.243. The molecule has 0 fully saturated rings. The van der Waals surface area contributed by atoms with E-state index in [1.807, 2.05) is 30.5 Å². The lowest BCUT2D eigenvalue weighted by molar-refractivity contribution is -0.384. The molecule has 1 amide bonds. The Hall–Kier alpha value is -2.84. The van der Waals surface area contributed by atoms with Gasteiger partial charge >= 0.3 is 5.97 Å². The Kier molecular flexibility index (Phi) is 7.39. The van der Waals surface area contributed by atoms with Crippen LogP contribution in [0, 0.1) is 10.1 Å². The van der Waals surface area contributed by atoms with E-state index < -0.39 is 23.4 Å². The van der Waals surface area contributed by atoms with Crippen LogP contribution in [0.2, 0.25) is 5.02 Å². The number of halogens is 1. The highest BCUT2D eigenvalue weighted by Gasteiger charge is 2.14. The van der Waals surface area contributed by atoms with Crippen LogP contribution in [-0.2, 0) is 14.3 Å². The van der Waals surface area contributed by atoms with Crippen molar-refractivity contribution in [3.63, 3.8) is 0 Å². The zero-order valence-corrected chi connectivity index (χ0v) is 15.8. The molecule has 9 heteroatoms.